The number of ether oxygens (including phenoxy) is 5. The molecule has 1 heterocycles. The molecule has 0 fully saturated rings. The quantitative estimate of drug-likeness (QED) is 0.127. The molecule has 7 heteroatoms. The lowest BCUT2D eigenvalue weighted by atomic mass is 10.1. The summed E-state index contributed by atoms with van der Waals surface area (Å²) in [4.78, 5) is 17.1. The molecule has 0 N–H and O–H groups in total. The molecular formula is C32H43NO6. The van der Waals surface area contributed by atoms with Crippen LogP contribution in [0.2, 0.25) is 0 Å². The van der Waals surface area contributed by atoms with Crippen LogP contribution in [0.5, 0.6) is 17.2 Å². The van der Waals surface area contributed by atoms with Crippen LogP contribution < -0.4 is 14.2 Å². The number of carbonyl (C=O) groups excluding carboxylic acids is 1. The van der Waals surface area contributed by atoms with Crippen molar-refractivity contribution < 1.29 is 28.5 Å². The fraction of sp³-hybridized carbons (Fsp3) is 0.500. The zero-order valence-electron chi connectivity index (χ0n) is 23.9. The van der Waals surface area contributed by atoms with Crippen molar-refractivity contribution in [2.75, 3.05) is 26.9 Å². The zero-order chi connectivity index (χ0) is 27.9. The second kappa shape index (κ2) is 16.6. The summed E-state index contributed by atoms with van der Waals surface area (Å²) in [6.07, 6.45) is 8.64. The minimum atomic E-state index is -0.689. The minimum absolute atomic E-state index is 0.266. The molecule has 1 atom stereocenters. The highest BCUT2D eigenvalue weighted by molar-refractivity contribution is 5.87. The number of hydrogen-bond acceptors (Lipinski definition) is 7. The molecule has 39 heavy (non-hydrogen) atoms. The van der Waals surface area contributed by atoms with Gasteiger partial charge in [0.05, 0.1) is 31.4 Å². The molecule has 1 aromatic heterocycles. The van der Waals surface area contributed by atoms with Gasteiger partial charge >= 0.3 is 5.97 Å². The molecule has 7 nitrogen and oxygen atoms in total. The molecule has 3 aromatic rings. The van der Waals surface area contributed by atoms with E-state index in [1.54, 1.807) is 14.0 Å². The van der Waals surface area contributed by atoms with Crippen LogP contribution >= 0.6 is 0 Å². The van der Waals surface area contributed by atoms with E-state index in [2.05, 4.69) is 11.9 Å². The van der Waals surface area contributed by atoms with Crippen LogP contribution in [0.15, 0.2) is 48.7 Å². The first-order valence-corrected chi connectivity index (χ1v) is 14.2. The molecule has 1 unspecified atom stereocenters. The van der Waals surface area contributed by atoms with Crippen molar-refractivity contribution in [2.45, 2.75) is 78.4 Å². The lowest BCUT2D eigenvalue weighted by Crippen LogP contribution is -2.29. The van der Waals surface area contributed by atoms with Crippen LogP contribution in [-0.2, 0) is 27.3 Å². The standard InChI is InChI=1S/C32H43NO6/c1-5-8-9-10-11-14-19-38-31-25(22-33-28-18-17-26(35-4)21-27(28)31)23-39-29-16-13-12-15-24(29)20-30(36-6-2)32(34)37-7-3/h12-13,15-18,21-22,30H,5-11,14,19-20,23H2,1-4H3. The number of para-hydroxylation sites is 1. The smallest absolute Gasteiger partial charge is 0.335 e. The van der Waals surface area contributed by atoms with E-state index in [4.69, 9.17) is 23.7 Å². The van der Waals surface area contributed by atoms with Crippen LogP contribution in [0, 0.1) is 0 Å². The number of nitrogens with zero attached hydrogens (tertiary/aromatic N) is 1. The second-order valence-corrected chi connectivity index (χ2v) is 9.41. The average Bonchev–Trinajstić information content (AvgIpc) is 2.96. The number of rotatable bonds is 18. The van der Waals surface area contributed by atoms with Crippen molar-refractivity contribution in [1.82, 2.24) is 4.98 Å². The average molecular weight is 538 g/mol. The molecule has 0 radical (unpaired) electrons. The zero-order valence-corrected chi connectivity index (χ0v) is 23.9. The van der Waals surface area contributed by atoms with E-state index < -0.39 is 6.10 Å². The topological polar surface area (TPSA) is 76.1 Å². The van der Waals surface area contributed by atoms with E-state index in [-0.39, 0.29) is 12.6 Å². The van der Waals surface area contributed by atoms with Crippen LogP contribution in [0.1, 0.15) is 70.4 Å². The molecule has 212 valence electrons. The number of fused-ring (bicyclic) bond motifs is 1. The van der Waals surface area contributed by atoms with Crippen LogP contribution in [0.25, 0.3) is 10.9 Å². The molecule has 0 saturated carbocycles. The fourth-order valence-corrected chi connectivity index (χ4v) is 4.46. The lowest BCUT2D eigenvalue weighted by Gasteiger charge is -2.19. The van der Waals surface area contributed by atoms with Gasteiger partial charge in [-0.1, -0.05) is 57.2 Å². The third-order valence-electron chi connectivity index (χ3n) is 6.52. The largest absolute Gasteiger partial charge is 0.497 e. The Bertz CT molecular complexity index is 1160. The fourth-order valence-electron chi connectivity index (χ4n) is 4.46. The molecule has 0 bridgehead atoms. The molecule has 0 aliphatic carbocycles. The van der Waals surface area contributed by atoms with Crippen molar-refractivity contribution in [3.05, 3.63) is 59.8 Å². The molecule has 0 amide bonds. The van der Waals surface area contributed by atoms with Crippen molar-refractivity contribution >= 4 is 16.9 Å². The first-order chi connectivity index (χ1) is 19.1. The van der Waals surface area contributed by atoms with Crippen LogP contribution in [-0.4, -0.2) is 44.0 Å². The number of carbonyl (C=O) groups is 1. The van der Waals surface area contributed by atoms with E-state index in [0.29, 0.717) is 32.0 Å². The lowest BCUT2D eigenvalue weighted by molar-refractivity contribution is -0.156. The molecule has 0 spiro atoms. The summed E-state index contributed by atoms with van der Waals surface area (Å²) in [6, 6.07) is 13.5. The molecular weight excluding hydrogens is 494 g/mol. The summed E-state index contributed by atoms with van der Waals surface area (Å²) in [5.41, 5.74) is 2.56. The highest BCUT2D eigenvalue weighted by Crippen LogP contribution is 2.33. The van der Waals surface area contributed by atoms with Gasteiger partial charge < -0.3 is 23.7 Å². The molecule has 0 saturated heterocycles. The summed E-state index contributed by atoms with van der Waals surface area (Å²) >= 11 is 0. The van der Waals surface area contributed by atoms with Gasteiger partial charge in [0.25, 0.3) is 0 Å². The maximum Gasteiger partial charge on any atom is 0.335 e. The van der Waals surface area contributed by atoms with Gasteiger partial charge in [-0.05, 0) is 50.1 Å². The predicted octanol–water partition coefficient (Wildman–Crippen LogP) is 7.07. The van der Waals surface area contributed by atoms with Crippen molar-refractivity contribution in [3.8, 4) is 17.2 Å². The number of unbranched alkanes of at least 4 members (excludes halogenated alkanes) is 5. The second-order valence-electron chi connectivity index (χ2n) is 9.41. The van der Waals surface area contributed by atoms with Gasteiger partial charge in [0.2, 0.25) is 0 Å². The van der Waals surface area contributed by atoms with Gasteiger partial charge in [0.1, 0.15) is 23.9 Å². The summed E-state index contributed by atoms with van der Waals surface area (Å²) in [5, 5.41) is 0.897. The Balaban J connectivity index is 1.79. The Labute approximate surface area is 232 Å². The first-order valence-electron chi connectivity index (χ1n) is 14.2. The third kappa shape index (κ3) is 9.13. The first kappa shape index (κ1) is 30.2. The Morgan fingerprint density at radius 1 is 0.897 bits per heavy atom. The normalized spacial score (nSPS) is 11.8. The number of hydrogen-bond donors (Lipinski definition) is 0. The monoisotopic (exact) mass is 537 g/mol. The molecule has 0 aliphatic heterocycles. The summed E-state index contributed by atoms with van der Waals surface area (Å²) in [5.74, 6) is 1.83. The number of methoxy groups -OCH3 is 1. The summed E-state index contributed by atoms with van der Waals surface area (Å²) in [7, 11) is 1.65. The maximum absolute atomic E-state index is 12.4. The Morgan fingerprint density at radius 2 is 1.69 bits per heavy atom. The van der Waals surface area contributed by atoms with E-state index in [9.17, 15) is 4.79 Å². The molecule has 3 rings (SSSR count). The van der Waals surface area contributed by atoms with Gasteiger partial charge in [0, 0.05) is 24.6 Å². The van der Waals surface area contributed by atoms with E-state index >= 15 is 0 Å². The van der Waals surface area contributed by atoms with Gasteiger partial charge in [-0.25, -0.2) is 4.79 Å². The SMILES string of the molecule is CCCCCCCCOc1c(COc2ccccc2CC(OCC)C(=O)OCC)cnc2ccc(OC)cc12. The van der Waals surface area contributed by atoms with E-state index in [1.807, 2.05) is 55.6 Å². The Morgan fingerprint density at radius 3 is 2.46 bits per heavy atom. The molecule has 0 aliphatic rings. The number of aromatic nitrogens is 1. The third-order valence-corrected chi connectivity index (χ3v) is 6.52. The van der Waals surface area contributed by atoms with Crippen molar-refractivity contribution in [1.29, 1.82) is 0 Å². The summed E-state index contributed by atoms with van der Waals surface area (Å²) in [6.45, 7) is 7.50. The van der Waals surface area contributed by atoms with Crippen molar-refractivity contribution in [2.24, 2.45) is 0 Å². The number of esters is 1. The van der Waals surface area contributed by atoms with Gasteiger partial charge in [0.15, 0.2) is 6.10 Å². The van der Waals surface area contributed by atoms with Gasteiger partial charge in [-0.3, -0.25) is 4.98 Å². The highest BCUT2D eigenvalue weighted by atomic mass is 16.6. The van der Waals surface area contributed by atoms with E-state index in [1.165, 1.54) is 25.7 Å². The Kier molecular flexibility index (Phi) is 12.9. The maximum atomic E-state index is 12.4. The van der Waals surface area contributed by atoms with Gasteiger partial charge in [-0.15, -0.1) is 0 Å². The summed E-state index contributed by atoms with van der Waals surface area (Å²) < 4.78 is 29.0. The number of benzene rings is 2. The predicted molar refractivity (Wildman–Crippen MR) is 154 cm³/mol. The number of pyridine rings is 1. The minimum Gasteiger partial charge on any atom is -0.497 e. The van der Waals surface area contributed by atoms with Crippen LogP contribution in [0.3, 0.4) is 0 Å². The van der Waals surface area contributed by atoms with Gasteiger partial charge in [-0.2, -0.15) is 0 Å². The van der Waals surface area contributed by atoms with E-state index in [0.717, 1.165) is 46.4 Å². The van der Waals surface area contributed by atoms with Crippen LogP contribution in [0.4, 0.5) is 0 Å². The Hall–Kier alpha value is -3.32. The molecule has 2 aromatic carbocycles. The highest BCUT2D eigenvalue weighted by Gasteiger charge is 2.22. The van der Waals surface area contributed by atoms with Crippen molar-refractivity contribution in [3.63, 3.8) is 0 Å².